The third kappa shape index (κ3) is 1.52. The van der Waals surface area contributed by atoms with Crippen LogP contribution in [0.5, 0.6) is 0 Å². The predicted octanol–water partition coefficient (Wildman–Crippen LogP) is -0.756. The minimum Gasteiger partial charge on any atom is -0.423 e. The van der Waals surface area contributed by atoms with Gasteiger partial charge < -0.3 is 10.1 Å². The van der Waals surface area contributed by atoms with Gasteiger partial charge in [0.05, 0.1) is 5.82 Å². The first kappa shape index (κ1) is 7.47. The Labute approximate surface area is 59.4 Å². The van der Waals surface area contributed by atoms with Crippen LogP contribution < -0.4 is 5.10 Å². The molecule has 0 fully saturated rings. The maximum Gasteiger partial charge on any atom is 0.164 e. The minimum absolute atomic E-state index is 0. The van der Waals surface area contributed by atoms with Gasteiger partial charge >= 0.3 is 0 Å². The summed E-state index contributed by atoms with van der Waals surface area (Å²) in [6.45, 7) is 0. The van der Waals surface area contributed by atoms with Crippen LogP contribution in [0.1, 0.15) is 10.6 Å². The molecule has 0 N–H and O–H groups in total. The van der Waals surface area contributed by atoms with Crippen LogP contribution in [0.25, 0.3) is 0 Å². The Balaban J connectivity index is 0.000000490. The van der Waals surface area contributed by atoms with Gasteiger partial charge in [-0.05, 0) is 0 Å². The zero-order valence-electron chi connectivity index (χ0n) is 3.72. The molecule has 0 aliphatic rings. The van der Waals surface area contributed by atoms with Crippen LogP contribution in [0.4, 0.5) is 0 Å². The van der Waals surface area contributed by atoms with Crippen molar-refractivity contribution in [3.05, 3.63) is 12.2 Å². The quantitative estimate of drug-likeness (QED) is 0.444. The average Bonchev–Trinajstić information content (AvgIpc) is 2.14. The van der Waals surface area contributed by atoms with Gasteiger partial charge in [0, 0.05) is 20.4 Å². The van der Waals surface area contributed by atoms with Gasteiger partial charge in [0.1, 0.15) is 0 Å². The average molecular weight is 202 g/mol. The van der Waals surface area contributed by atoms with Crippen molar-refractivity contribution in [2.75, 3.05) is 0 Å². The third-order valence-corrected chi connectivity index (χ3v) is 0.507. The van der Waals surface area contributed by atoms with Crippen LogP contribution in [-0.2, 0) is 20.4 Å². The molecule has 0 bridgehead atoms. The Morgan fingerprint density at radius 2 is 2.50 bits per heavy atom. The van der Waals surface area contributed by atoms with Gasteiger partial charge in [-0.2, -0.15) is 0 Å². The summed E-state index contributed by atoms with van der Waals surface area (Å²) in [5.74, 6) is 0.139. The maximum absolute atomic E-state index is 9.70. The fraction of sp³-hybridized carbons (Fsp3) is 0. The molecule has 0 spiro atoms. The van der Waals surface area contributed by atoms with Gasteiger partial charge in [-0.25, -0.2) is 0 Å². The van der Waals surface area contributed by atoms with E-state index in [4.69, 9.17) is 0 Å². The van der Waals surface area contributed by atoms with Crippen molar-refractivity contribution in [2.45, 2.75) is 0 Å². The number of hydrogen-bond donors (Lipinski definition) is 0. The molecule has 0 amide bonds. The van der Waals surface area contributed by atoms with E-state index >= 15 is 0 Å². The number of nitrogens with zero attached hydrogens (tertiary/aromatic N) is 3. The molecular formula is C3H2N3OPd-. The van der Waals surface area contributed by atoms with E-state index in [2.05, 4.69) is 15.2 Å². The van der Waals surface area contributed by atoms with E-state index in [0.29, 0.717) is 6.29 Å². The smallest absolute Gasteiger partial charge is 0.164 e. The van der Waals surface area contributed by atoms with Crippen molar-refractivity contribution in [2.24, 2.45) is 0 Å². The summed E-state index contributed by atoms with van der Waals surface area (Å²) in [6.07, 6.45) is 1.77. The van der Waals surface area contributed by atoms with Crippen molar-refractivity contribution in [3.63, 3.8) is 0 Å². The Morgan fingerprint density at radius 1 is 1.75 bits per heavy atom. The molecule has 46 valence electrons. The van der Waals surface area contributed by atoms with E-state index < -0.39 is 0 Å². The van der Waals surface area contributed by atoms with Gasteiger partial charge in [0.15, 0.2) is 6.29 Å². The summed E-state index contributed by atoms with van der Waals surface area (Å²) in [5, 5.41) is 6.61. The summed E-state index contributed by atoms with van der Waals surface area (Å²) < 4.78 is 0. The Kier molecular flexibility index (Phi) is 3.24. The molecule has 0 unspecified atom stereocenters. The second-order valence-corrected chi connectivity index (χ2v) is 0.936. The molecule has 0 saturated heterocycles. The zero-order chi connectivity index (χ0) is 5.11. The summed E-state index contributed by atoms with van der Waals surface area (Å²) >= 11 is 0. The predicted molar refractivity (Wildman–Crippen MR) is 20.7 cm³/mol. The summed E-state index contributed by atoms with van der Waals surface area (Å²) in [5.41, 5.74) is 0. The molecule has 1 aromatic heterocycles. The van der Waals surface area contributed by atoms with E-state index in [1.807, 2.05) is 0 Å². The third-order valence-electron chi connectivity index (χ3n) is 0.507. The molecule has 1 aromatic rings. The van der Waals surface area contributed by atoms with E-state index in [1.54, 1.807) is 0 Å². The number of carbonyl (C=O) groups excluding carboxylic acids is 1. The topological polar surface area (TPSA) is 57.0 Å². The standard InChI is InChI=1S/C3H3N3O.Pd/c7-1-3-4-2-5-6-3;/h1-2H,(H,4,5,6,7);/p-1. The van der Waals surface area contributed by atoms with Crippen molar-refractivity contribution in [1.82, 2.24) is 15.2 Å². The van der Waals surface area contributed by atoms with E-state index in [9.17, 15) is 4.79 Å². The fourth-order valence-corrected chi connectivity index (χ4v) is 0.250. The summed E-state index contributed by atoms with van der Waals surface area (Å²) in [4.78, 5) is 13.1. The maximum atomic E-state index is 9.70. The molecule has 0 aliphatic carbocycles. The van der Waals surface area contributed by atoms with Crippen LogP contribution >= 0.6 is 0 Å². The van der Waals surface area contributed by atoms with Gasteiger partial charge in [-0.1, -0.05) is 6.33 Å². The first-order chi connectivity index (χ1) is 3.43. The monoisotopic (exact) mass is 202 g/mol. The van der Waals surface area contributed by atoms with E-state index in [1.165, 1.54) is 6.33 Å². The van der Waals surface area contributed by atoms with Gasteiger partial charge in [0.25, 0.3) is 0 Å². The largest absolute Gasteiger partial charge is 0.423 e. The van der Waals surface area contributed by atoms with Crippen molar-refractivity contribution < 1.29 is 25.2 Å². The Hall–Kier alpha value is -0.528. The first-order valence-corrected chi connectivity index (χ1v) is 1.69. The van der Waals surface area contributed by atoms with Gasteiger partial charge in [0.2, 0.25) is 0 Å². The van der Waals surface area contributed by atoms with Crippen LogP contribution in [0.3, 0.4) is 0 Å². The van der Waals surface area contributed by atoms with E-state index in [-0.39, 0.29) is 26.2 Å². The molecule has 0 atom stereocenters. The molecule has 0 aliphatic heterocycles. The van der Waals surface area contributed by atoms with Crippen molar-refractivity contribution >= 4 is 6.29 Å². The van der Waals surface area contributed by atoms with Crippen LogP contribution in [-0.4, -0.2) is 16.4 Å². The number of carbonyl (C=O) groups is 1. The summed E-state index contributed by atoms with van der Waals surface area (Å²) in [6, 6.07) is 0. The van der Waals surface area contributed by atoms with Crippen molar-refractivity contribution in [3.8, 4) is 0 Å². The molecule has 1 heterocycles. The van der Waals surface area contributed by atoms with Crippen LogP contribution in [0.15, 0.2) is 6.33 Å². The van der Waals surface area contributed by atoms with Gasteiger partial charge in [-0.15, -0.1) is 0 Å². The molecular weight excluding hydrogens is 200 g/mol. The van der Waals surface area contributed by atoms with Crippen molar-refractivity contribution in [1.29, 1.82) is 0 Å². The molecule has 0 aromatic carbocycles. The Morgan fingerprint density at radius 3 is 2.75 bits per heavy atom. The summed E-state index contributed by atoms with van der Waals surface area (Å²) in [7, 11) is 0. The fourth-order valence-electron chi connectivity index (χ4n) is 0.250. The second kappa shape index (κ2) is 3.47. The van der Waals surface area contributed by atoms with Gasteiger partial charge in [-0.3, -0.25) is 9.89 Å². The second-order valence-electron chi connectivity index (χ2n) is 0.936. The molecule has 8 heavy (non-hydrogen) atoms. The molecule has 4 nitrogen and oxygen atoms in total. The Bertz CT molecular complexity index is 150. The number of aldehydes is 1. The minimum atomic E-state index is 0. The molecule has 1 rings (SSSR count). The number of rotatable bonds is 1. The zero-order valence-corrected chi connectivity index (χ0v) is 5.28. The molecule has 5 heteroatoms. The molecule has 0 saturated carbocycles. The first-order valence-electron chi connectivity index (χ1n) is 1.69. The van der Waals surface area contributed by atoms with Crippen LogP contribution in [0, 0.1) is 0 Å². The normalized spacial score (nSPS) is 7.50. The number of aromatic nitrogens is 3. The number of hydrogen-bond acceptors (Lipinski definition) is 3. The van der Waals surface area contributed by atoms with E-state index in [0.717, 1.165) is 0 Å². The SMILES string of the molecule is O=Cc1nc[n-]n1.[Pd]. The van der Waals surface area contributed by atoms with Crippen LogP contribution in [0.2, 0.25) is 0 Å². The molecule has 0 radical (unpaired) electrons.